The molecule has 0 amide bonds. The summed E-state index contributed by atoms with van der Waals surface area (Å²) in [4.78, 5) is 17.2. The number of rotatable bonds is 5. The maximum Gasteiger partial charge on any atom is 0.259 e. The molecule has 0 aliphatic carbocycles. The van der Waals surface area contributed by atoms with Gasteiger partial charge in [0, 0.05) is 23.5 Å². The van der Waals surface area contributed by atoms with Crippen molar-refractivity contribution in [3.8, 4) is 0 Å². The minimum absolute atomic E-state index is 0.0996. The molecule has 0 radical (unpaired) electrons. The molecule has 2 aromatic heterocycles. The van der Waals surface area contributed by atoms with Crippen LogP contribution < -0.4 is 5.56 Å². The molecule has 0 fully saturated rings. The Labute approximate surface area is 124 Å². The van der Waals surface area contributed by atoms with Gasteiger partial charge in [0.25, 0.3) is 5.56 Å². The summed E-state index contributed by atoms with van der Waals surface area (Å²) in [6, 6.07) is 11.7. The minimum Gasteiger partial charge on any atom is -0.306 e. The van der Waals surface area contributed by atoms with Crippen LogP contribution in [0, 0.1) is 0 Å². The van der Waals surface area contributed by atoms with Gasteiger partial charge < -0.3 is 4.57 Å². The van der Waals surface area contributed by atoms with Crippen LogP contribution in [0.4, 0.5) is 0 Å². The summed E-state index contributed by atoms with van der Waals surface area (Å²) in [7, 11) is 0. The second kappa shape index (κ2) is 6.08. The Morgan fingerprint density at radius 1 is 1.00 bits per heavy atom. The highest BCUT2D eigenvalue weighted by atomic mass is 16.1. The van der Waals surface area contributed by atoms with Crippen LogP contribution in [0.5, 0.6) is 0 Å². The molecular weight excluding hydrogens is 260 g/mol. The van der Waals surface area contributed by atoms with E-state index in [9.17, 15) is 4.79 Å². The highest BCUT2D eigenvalue weighted by Gasteiger charge is 2.10. The summed E-state index contributed by atoms with van der Waals surface area (Å²) >= 11 is 0. The second-order valence-electron chi connectivity index (χ2n) is 5.43. The van der Waals surface area contributed by atoms with E-state index in [1.54, 1.807) is 6.20 Å². The van der Waals surface area contributed by atoms with Crippen LogP contribution >= 0.6 is 0 Å². The summed E-state index contributed by atoms with van der Waals surface area (Å²) in [5, 5.41) is 1.71. The highest BCUT2D eigenvalue weighted by Crippen LogP contribution is 2.20. The number of hydrogen-bond acceptors (Lipinski definition) is 2. The van der Waals surface area contributed by atoms with Gasteiger partial charge in [-0.3, -0.25) is 9.78 Å². The average Bonchev–Trinajstić information content (AvgIpc) is 2.54. The zero-order valence-corrected chi connectivity index (χ0v) is 12.4. The van der Waals surface area contributed by atoms with E-state index in [1.807, 2.05) is 41.0 Å². The van der Waals surface area contributed by atoms with Crippen molar-refractivity contribution in [3.05, 3.63) is 52.9 Å². The Morgan fingerprint density at radius 2 is 1.81 bits per heavy atom. The number of unbranched alkanes of at least 4 members (excludes halogenated alkanes) is 3. The van der Waals surface area contributed by atoms with Crippen LogP contribution in [0.25, 0.3) is 21.8 Å². The maximum absolute atomic E-state index is 12.7. The molecule has 0 atom stereocenters. The zero-order valence-electron chi connectivity index (χ0n) is 12.4. The molecule has 3 aromatic rings. The van der Waals surface area contributed by atoms with Gasteiger partial charge in [-0.2, -0.15) is 0 Å². The van der Waals surface area contributed by atoms with Gasteiger partial charge in [0.05, 0.1) is 11.0 Å². The third-order valence-corrected chi connectivity index (χ3v) is 3.97. The zero-order chi connectivity index (χ0) is 14.7. The van der Waals surface area contributed by atoms with E-state index in [2.05, 4.69) is 11.9 Å². The van der Waals surface area contributed by atoms with Crippen molar-refractivity contribution >= 4 is 21.8 Å². The topological polar surface area (TPSA) is 34.9 Å². The van der Waals surface area contributed by atoms with Crippen molar-refractivity contribution in [3.63, 3.8) is 0 Å². The van der Waals surface area contributed by atoms with Gasteiger partial charge in [-0.1, -0.05) is 44.4 Å². The lowest BCUT2D eigenvalue weighted by Crippen LogP contribution is -2.21. The fourth-order valence-corrected chi connectivity index (χ4v) is 2.87. The Morgan fingerprint density at radius 3 is 2.62 bits per heavy atom. The van der Waals surface area contributed by atoms with Crippen LogP contribution in [0.2, 0.25) is 0 Å². The fourth-order valence-electron chi connectivity index (χ4n) is 2.87. The van der Waals surface area contributed by atoms with Gasteiger partial charge in [-0.15, -0.1) is 0 Å². The number of fused-ring (bicyclic) bond motifs is 3. The molecule has 3 heteroatoms. The number of aromatic nitrogens is 2. The molecule has 0 N–H and O–H groups in total. The normalized spacial score (nSPS) is 11.3. The molecule has 0 unspecified atom stereocenters. The molecule has 2 heterocycles. The van der Waals surface area contributed by atoms with E-state index in [4.69, 9.17) is 0 Å². The van der Waals surface area contributed by atoms with E-state index in [0.29, 0.717) is 0 Å². The highest BCUT2D eigenvalue weighted by molar-refractivity contribution is 6.02. The van der Waals surface area contributed by atoms with Crippen molar-refractivity contribution in [2.45, 2.75) is 39.2 Å². The van der Waals surface area contributed by atoms with Gasteiger partial charge in [-0.25, -0.2) is 0 Å². The average molecular weight is 280 g/mol. The number of aryl methyl sites for hydroxylation is 1. The molecule has 0 spiro atoms. The summed E-state index contributed by atoms with van der Waals surface area (Å²) in [6.45, 7) is 2.97. The largest absolute Gasteiger partial charge is 0.306 e. The molecule has 108 valence electrons. The number of pyridine rings is 2. The minimum atomic E-state index is 0.0996. The Balaban J connectivity index is 2.16. The van der Waals surface area contributed by atoms with Crippen molar-refractivity contribution in [2.75, 3.05) is 0 Å². The lowest BCUT2D eigenvalue weighted by Gasteiger charge is -2.12. The second-order valence-corrected chi connectivity index (χ2v) is 5.43. The third-order valence-electron chi connectivity index (χ3n) is 3.97. The summed E-state index contributed by atoms with van der Waals surface area (Å²) in [5.41, 5.74) is 1.96. The Hall–Kier alpha value is -2.16. The van der Waals surface area contributed by atoms with Gasteiger partial charge in [0.1, 0.15) is 0 Å². The fraction of sp³-hybridized carbons (Fsp3) is 0.333. The predicted molar refractivity (Wildman–Crippen MR) is 87.7 cm³/mol. The molecule has 0 saturated carbocycles. The van der Waals surface area contributed by atoms with Crippen LogP contribution in [-0.2, 0) is 6.54 Å². The number of benzene rings is 1. The van der Waals surface area contributed by atoms with Gasteiger partial charge in [0.15, 0.2) is 0 Å². The van der Waals surface area contributed by atoms with E-state index < -0.39 is 0 Å². The molecule has 1 aromatic carbocycles. The molecule has 3 nitrogen and oxygen atoms in total. The van der Waals surface area contributed by atoms with Gasteiger partial charge in [0.2, 0.25) is 0 Å². The SMILES string of the molecule is CCCCCCn1c(=O)c2ccccc2c2ncccc21. The van der Waals surface area contributed by atoms with Crippen molar-refractivity contribution in [2.24, 2.45) is 0 Å². The summed E-state index contributed by atoms with van der Waals surface area (Å²) in [5.74, 6) is 0. The van der Waals surface area contributed by atoms with Gasteiger partial charge in [-0.05, 0) is 24.6 Å². The first kappa shape index (κ1) is 13.8. The molecule has 0 saturated heterocycles. The first-order valence-electron chi connectivity index (χ1n) is 7.69. The monoisotopic (exact) mass is 280 g/mol. The van der Waals surface area contributed by atoms with Crippen LogP contribution in [0.3, 0.4) is 0 Å². The van der Waals surface area contributed by atoms with Crippen LogP contribution in [0.15, 0.2) is 47.4 Å². The molecule has 21 heavy (non-hydrogen) atoms. The third kappa shape index (κ3) is 2.56. The molecule has 3 rings (SSSR count). The molecule has 0 aliphatic heterocycles. The molecule has 0 bridgehead atoms. The Kier molecular flexibility index (Phi) is 4.00. The van der Waals surface area contributed by atoms with E-state index in [1.165, 1.54) is 12.8 Å². The van der Waals surface area contributed by atoms with Crippen LogP contribution in [0.1, 0.15) is 32.6 Å². The summed E-state index contributed by atoms with van der Waals surface area (Å²) in [6.07, 6.45) is 6.42. The first-order valence-corrected chi connectivity index (χ1v) is 7.69. The quantitative estimate of drug-likeness (QED) is 0.520. The standard InChI is InChI=1S/C18H20N2O/c1-2-3-4-7-13-20-16-11-8-12-19-17(16)14-9-5-6-10-15(14)18(20)21/h5-6,8-12H,2-4,7,13H2,1H3. The number of nitrogens with zero attached hydrogens (tertiary/aromatic N) is 2. The van der Waals surface area contributed by atoms with Crippen molar-refractivity contribution < 1.29 is 0 Å². The van der Waals surface area contributed by atoms with Crippen molar-refractivity contribution in [1.29, 1.82) is 0 Å². The molecular formula is C18H20N2O. The van der Waals surface area contributed by atoms with Crippen molar-refractivity contribution in [1.82, 2.24) is 9.55 Å². The first-order chi connectivity index (χ1) is 10.3. The van der Waals surface area contributed by atoms with Crippen LogP contribution in [-0.4, -0.2) is 9.55 Å². The lowest BCUT2D eigenvalue weighted by molar-refractivity contribution is 0.584. The lowest BCUT2D eigenvalue weighted by atomic mass is 10.1. The maximum atomic E-state index is 12.7. The van der Waals surface area contributed by atoms with E-state index >= 15 is 0 Å². The predicted octanol–water partition coefficient (Wildman–Crippen LogP) is 4.13. The smallest absolute Gasteiger partial charge is 0.259 e. The number of hydrogen-bond donors (Lipinski definition) is 0. The molecule has 0 aliphatic rings. The van der Waals surface area contributed by atoms with E-state index in [-0.39, 0.29) is 5.56 Å². The Bertz CT molecular complexity index is 820. The summed E-state index contributed by atoms with van der Waals surface area (Å²) < 4.78 is 1.89. The van der Waals surface area contributed by atoms with E-state index in [0.717, 1.165) is 41.2 Å². The van der Waals surface area contributed by atoms with Gasteiger partial charge >= 0.3 is 0 Å².